The fourth-order valence-corrected chi connectivity index (χ4v) is 2.83. The molecule has 0 radical (unpaired) electrons. The van der Waals surface area contributed by atoms with Crippen LogP contribution in [-0.4, -0.2) is 29.9 Å². The Morgan fingerprint density at radius 2 is 2.32 bits per heavy atom. The van der Waals surface area contributed by atoms with Gasteiger partial charge < -0.3 is 10.6 Å². The van der Waals surface area contributed by atoms with E-state index in [-0.39, 0.29) is 22.5 Å². The number of carbonyl (C=O) groups is 1. The molecule has 1 aromatic carbocycles. The molecule has 19 heavy (non-hydrogen) atoms. The minimum Gasteiger partial charge on any atom is -0.334 e. The SMILES string of the molecule is CC1CCN(C(=O)c2c(F)cccc2Cl)C(CN)C1. The van der Waals surface area contributed by atoms with Crippen molar-refractivity contribution in [2.75, 3.05) is 13.1 Å². The lowest BCUT2D eigenvalue weighted by atomic mass is 9.92. The summed E-state index contributed by atoms with van der Waals surface area (Å²) < 4.78 is 13.8. The molecule has 0 bridgehead atoms. The maximum Gasteiger partial charge on any atom is 0.258 e. The standard InChI is InChI=1S/C14H18ClFN2O/c1-9-5-6-18(10(7-9)8-17)14(19)13-11(15)3-2-4-12(13)16/h2-4,9-10H,5-8,17H2,1H3. The first-order valence-corrected chi connectivity index (χ1v) is 6.87. The minimum atomic E-state index is -0.577. The summed E-state index contributed by atoms with van der Waals surface area (Å²) >= 11 is 5.94. The smallest absolute Gasteiger partial charge is 0.258 e. The van der Waals surface area contributed by atoms with Crippen LogP contribution in [-0.2, 0) is 0 Å². The molecule has 1 aliphatic heterocycles. The Labute approximate surface area is 117 Å². The van der Waals surface area contributed by atoms with Crippen LogP contribution in [0.4, 0.5) is 4.39 Å². The van der Waals surface area contributed by atoms with Crippen molar-refractivity contribution in [2.24, 2.45) is 11.7 Å². The van der Waals surface area contributed by atoms with Crippen molar-refractivity contribution < 1.29 is 9.18 Å². The topological polar surface area (TPSA) is 46.3 Å². The molecule has 2 rings (SSSR count). The van der Waals surface area contributed by atoms with Gasteiger partial charge in [0, 0.05) is 19.1 Å². The summed E-state index contributed by atoms with van der Waals surface area (Å²) in [5.74, 6) is -0.397. The van der Waals surface area contributed by atoms with Crippen LogP contribution in [0.2, 0.25) is 5.02 Å². The molecule has 0 saturated carbocycles. The molecule has 1 saturated heterocycles. The number of amides is 1. The average Bonchev–Trinajstić information content (AvgIpc) is 2.38. The third kappa shape index (κ3) is 2.90. The molecule has 1 aliphatic rings. The normalized spacial score (nSPS) is 23.5. The predicted octanol–water partition coefficient (Wildman–Crippen LogP) is 2.68. The number of halogens is 2. The first kappa shape index (κ1) is 14.3. The Morgan fingerprint density at radius 1 is 1.58 bits per heavy atom. The zero-order valence-corrected chi connectivity index (χ0v) is 11.7. The lowest BCUT2D eigenvalue weighted by Crippen LogP contribution is -2.49. The van der Waals surface area contributed by atoms with Gasteiger partial charge in [-0.05, 0) is 30.9 Å². The summed E-state index contributed by atoms with van der Waals surface area (Å²) in [4.78, 5) is 14.1. The van der Waals surface area contributed by atoms with E-state index in [0.29, 0.717) is 19.0 Å². The van der Waals surface area contributed by atoms with E-state index >= 15 is 0 Å². The Morgan fingerprint density at radius 3 is 2.95 bits per heavy atom. The quantitative estimate of drug-likeness (QED) is 0.907. The van der Waals surface area contributed by atoms with Crippen molar-refractivity contribution in [3.8, 4) is 0 Å². The number of carbonyl (C=O) groups excluding carboxylic acids is 1. The summed E-state index contributed by atoms with van der Waals surface area (Å²) in [6.07, 6.45) is 1.77. The van der Waals surface area contributed by atoms with Gasteiger partial charge in [-0.25, -0.2) is 4.39 Å². The number of likely N-dealkylation sites (tertiary alicyclic amines) is 1. The van der Waals surface area contributed by atoms with Gasteiger partial charge in [0.15, 0.2) is 0 Å². The van der Waals surface area contributed by atoms with Crippen molar-refractivity contribution in [2.45, 2.75) is 25.8 Å². The molecule has 1 amide bonds. The maximum atomic E-state index is 13.8. The Bertz CT molecular complexity index is 460. The third-order valence-electron chi connectivity index (χ3n) is 3.69. The van der Waals surface area contributed by atoms with Crippen LogP contribution in [0, 0.1) is 11.7 Å². The monoisotopic (exact) mass is 284 g/mol. The van der Waals surface area contributed by atoms with Crippen LogP contribution in [0.15, 0.2) is 18.2 Å². The molecular weight excluding hydrogens is 267 g/mol. The van der Waals surface area contributed by atoms with Crippen molar-refractivity contribution >= 4 is 17.5 Å². The summed E-state index contributed by atoms with van der Waals surface area (Å²) in [6, 6.07) is 4.24. The number of hydrogen-bond acceptors (Lipinski definition) is 2. The first-order valence-electron chi connectivity index (χ1n) is 6.49. The molecule has 0 aromatic heterocycles. The molecular formula is C14H18ClFN2O. The van der Waals surface area contributed by atoms with Crippen LogP contribution < -0.4 is 5.73 Å². The van der Waals surface area contributed by atoms with E-state index in [1.807, 2.05) is 0 Å². The summed E-state index contributed by atoms with van der Waals surface area (Å²) in [5, 5.41) is 0.152. The van der Waals surface area contributed by atoms with Gasteiger partial charge in [0.05, 0.1) is 10.6 Å². The van der Waals surface area contributed by atoms with E-state index in [0.717, 1.165) is 12.8 Å². The highest BCUT2D eigenvalue weighted by molar-refractivity contribution is 6.33. The molecule has 2 N–H and O–H groups in total. The van der Waals surface area contributed by atoms with Crippen LogP contribution in [0.5, 0.6) is 0 Å². The van der Waals surface area contributed by atoms with E-state index in [9.17, 15) is 9.18 Å². The van der Waals surface area contributed by atoms with Gasteiger partial charge in [0.1, 0.15) is 5.82 Å². The summed E-state index contributed by atoms with van der Waals surface area (Å²) in [7, 11) is 0. The fourth-order valence-electron chi connectivity index (χ4n) is 2.59. The van der Waals surface area contributed by atoms with E-state index in [2.05, 4.69) is 6.92 Å². The number of hydrogen-bond donors (Lipinski definition) is 1. The third-order valence-corrected chi connectivity index (χ3v) is 4.00. The molecule has 5 heteroatoms. The van der Waals surface area contributed by atoms with Gasteiger partial charge in [0.2, 0.25) is 0 Å². The number of nitrogens with zero attached hydrogens (tertiary/aromatic N) is 1. The highest BCUT2D eigenvalue weighted by atomic mass is 35.5. The van der Waals surface area contributed by atoms with Gasteiger partial charge >= 0.3 is 0 Å². The lowest BCUT2D eigenvalue weighted by Gasteiger charge is -2.38. The van der Waals surface area contributed by atoms with E-state index in [1.165, 1.54) is 18.2 Å². The molecule has 1 aromatic rings. The average molecular weight is 285 g/mol. The van der Waals surface area contributed by atoms with Gasteiger partial charge in [-0.2, -0.15) is 0 Å². The number of rotatable bonds is 2. The Kier molecular flexibility index (Phi) is 4.42. The molecule has 2 atom stereocenters. The molecule has 1 fully saturated rings. The molecule has 0 aliphatic carbocycles. The lowest BCUT2D eigenvalue weighted by molar-refractivity contribution is 0.0569. The second kappa shape index (κ2) is 5.88. The van der Waals surface area contributed by atoms with E-state index < -0.39 is 5.82 Å². The van der Waals surface area contributed by atoms with E-state index in [4.69, 9.17) is 17.3 Å². The highest BCUT2D eigenvalue weighted by Crippen LogP contribution is 2.27. The summed E-state index contributed by atoms with van der Waals surface area (Å²) in [6.45, 7) is 3.13. The first-order chi connectivity index (χ1) is 9.04. The predicted molar refractivity (Wildman–Crippen MR) is 73.7 cm³/mol. The number of piperidine rings is 1. The Hall–Kier alpha value is -1.13. The summed E-state index contributed by atoms with van der Waals surface area (Å²) in [5.41, 5.74) is 5.68. The molecule has 1 heterocycles. The van der Waals surface area contributed by atoms with Crippen molar-refractivity contribution in [3.63, 3.8) is 0 Å². The maximum absolute atomic E-state index is 13.8. The van der Waals surface area contributed by atoms with Gasteiger partial charge in [-0.1, -0.05) is 24.6 Å². The zero-order valence-electron chi connectivity index (χ0n) is 10.9. The zero-order chi connectivity index (χ0) is 14.0. The fraction of sp³-hybridized carbons (Fsp3) is 0.500. The second-order valence-corrected chi connectivity index (χ2v) is 5.52. The van der Waals surface area contributed by atoms with E-state index in [1.54, 1.807) is 4.90 Å². The number of nitrogens with two attached hydrogens (primary N) is 1. The van der Waals surface area contributed by atoms with Crippen LogP contribution in [0.25, 0.3) is 0 Å². The molecule has 2 unspecified atom stereocenters. The van der Waals surface area contributed by atoms with Crippen molar-refractivity contribution in [1.82, 2.24) is 4.90 Å². The minimum absolute atomic E-state index is 0.0353. The van der Waals surface area contributed by atoms with Crippen LogP contribution >= 0.6 is 11.6 Å². The molecule has 104 valence electrons. The van der Waals surface area contributed by atoms with Crippen molar-refractivity contribution in [1.29, 1.82) is 0 Å². The second-order valence-electron chi connectivity index (χ2n) is 5.11. The van der Waals surface area contributed by atoms with Crippen LogP contribution in [0.3, 0.4) is 0 Å². The van der Waals surface area contributed by atoms with Gasteiger partial charge in [0.25, 0.3) is 5.91 Å². The highest BCUT2D eigenvalue weighted by Gasteiger charge is 2.31. The Balaban J connectivity index is 2.28. The van der Waals surface area contributed by atoms with Gasteiger partial charge in [-0.15, -0.1) is 0 Å². The number of benzene rings is 1. The molecule has 3 nitrogen and oxygen atoms in total. The largest absolute Gasteiger partial charge is 0.334 e. The van der Waals surface area contributed by atoms with Crippen LogP contribution in [0.1, 0.15) is 30.1 Å². The van der Waals surface area contributed by atoms with Crippen molar-refractivity contribution in [3.05, 3.63) is 34.6 Å². The molecule has 0 spiro atoms. The van der Waals surface area contributed by atoms with Gasteiger partial charge in [-0.3, -0.25) is 4.79 Å².